The largest absolute Gasteiger partial charge is 0.493 e. The fourth-order valence-electron chi connectivity index (χ4n) is 3.98. The number of ether oxygens (including phenoxy) is 1. The van der Waals surface area contributed by atoms with Gasteiger partial charge in [0.2, 0.25) is 0 Å². The van der Waals surface area contributed by atoms with Crippen LogP contribution in [0.25, 0.3) is 0 Å². The Morgan fingerprint density at radius 2 is 2.22 bits per heavy atom. The molecule has 1 aromatic heterocycles. The minimum atomic E-state index is 0.0333. The Hall–Kier alpha value is -2.34. The minimum Gasteiger partial charge on any atom is -0.493 e. The van der Waals surface area contributed by atoms with Gasteiger partial charge in [0.1, 0.15) is 11.6 Å². The summed E-state index contributed by atoms with van der Waals surface area (Å²) in [4.78, 5) is 19.6. The molecule has 27 heavy (non-hydrogen) atoms. The first-order valence-corrected chi connectivity index (χ1v) is 9.94. The quantitative estimate of drug-likeness (QED) is 0.901. The average Bonchev–Trinajstić information content (AvgIpc) is 2.96. The number of nitrogens with one attached hydrogen (secondary N) is 1. The van der Waals surface area contributed by atoms with Gasteiger partial charge in [0.15, 0.2) is 0 Å². The van der Waals surface area contributed by atoms with Crippen LogP contribution in [-0.2, 0) is 20.0 Å². The molecule has 4 rings (SSSR count). The summed E-state index contributed by atoms with van der Waals surface area (Å²) in [6, 6.07) is 6.04. The molecule has 3 heterocycles. The van der Waals surface area contributed by atoms with E-state index in [-0.39, 0.29) is 11.9 Å². The summed E-state index contributed by atoms with van der Waals surface area (Å²) < 4.78 is 7.72. The second-order valence-electron chi connectivity index (χ2n) is 7.61. The van der Waals surface area contributed by atoms with E-state index in [1.165, 1.54) is 0 Å². The fraction of sp³-hybridized carbons (Fsp3) is 0.524. The van der Waals surface area contributed by atoms with Crippen LogP contribution in [0.3, 0.4) is 0 Å². The van der Waals surface area contributed by atoms with Crippen LogP contribution < -0.4 is 10.1 Å². The second-order valence-corrected chi connectivity index (χ2v) is 7.61. The normalized spacial score (nSPS) is 20.4. The maximum absolute atomic E-state index is 12.7. The summed E-state index contributed by atoms with van der Waals surface area (Å²) in [5.41, 5.74) is 1.89. The Morgan fingerprint density at radius 3 is 3.07 bits per heavy atom. The lowest BCUT2D eigenvalue weighted by Gasteiger charge is -2.21. The topological polar surface area (TPSA) is 59.4 Å². The summed E-state index contributed by atoms with van der Waals surface area (Å²) >= 11 is 0. The number of hydrogen-bond acceptors (Lipinski definition) is 4. The first-order valence-electron chi connectivity index (χ1n) is 9.94. The van der Waals surface area contributed by atoms with Gasteiger partial charge >= 0.3 is 0 Å². The Morgan fingerprint density at radius 1 is 1.30 bits per heavy atom. The zero-order valence-electron chi connectivity index (χ0n) is 16.0. The third-order valence-corrected chi connectivity index (χ3v) is 5.61. The number of amides is 1. The fourth-order valence-corrected chi connectivity index (χ4v) is 3.98. The van der Waals surface area contributed by atoms with Crippen LogP contribution in [0.5, 0.6) is 5.75 Å². The van der Waals surface area contributed by atoms with Gasteiger partial charge in [-0.1, -0.05) is 0 Å². The first-order chi connectivity index (χ1) is 13.2. The van der Waals surface area contributed by atoms with Crippen molar-refractivity contribution >= 4 is 5.91 Å². The summed E-state index contributed by atoms with van der Waals surface area (Å²) in [6.45, 7) is 3.68. The number of likely N-dealkylation sites (tertiary alicyclic amines) is 1. The van der Waals surface area contributed by atoms with E-state index in [1.54, 1.807) is 0 Å². The monoisotopic (exact) mass is 368 g/mol. The lowest BCUT2D eigenvalue weighted by molar-refractivity contribution is 0.0933. The Balaban J connectivity index is 1.33. The molecule has 6 nitrogen and oxygen atoms in total. The van der Waals surface area contributed by atoms with E-state index in [0.717, 1.165) is 81.0 Å². The van der Waals surface area contributed by atoms with Gasteiger partial charge in [0.25, 0.3) is 5.91 Å². The molecule has 1 saturated heterocycles. The number of benzene rings is 1. The number of fused-ring (bicyclic) bond motifs is 1. The summed E-state index contributed by atoms with van der Waals surface area (Å²) in [5, 5.41) is 3.25. The number of aromatic nitrogens is 2. The first kappa shape index (κ1) is 18.0. The number of carbonyl (C=O) groups excluding carboxylic acids is 1. The van der Waals surface area contributed by atoms with Crippen molar-refractivity contribution in [3.8, 4) is 5.75 Å². The SMILES string of the molecule is Cn1ccnc1CN1CCCC(NC(=O)c2ccc3c(c2)CCCO3)CC1. The lowest BCUT2D eigenvalue weighted by atomic mass is 10.0. The molecule has 0 bridgehead atoms. The number of hydrogen-bond donors (Lipinski definition) is 1. The second kappa shape index (κ2) is 8.13. The van der Waals surface area contributed by atoms with Crippen molar-refractivity contribution in [2.45, 2.75) is 44.7 Å². The van der Waals surface area contributed by atoms with Crippen molar-refractivity contribution in [3.63, 3.8) is 0 Å². The van der Waals surface area contributed by atoms with E-state index < -0.39 is 0 Å². The van der Waals surface area contributed by atoms with Crippen molar-refractivity contribution in [3.05, 3.63) is 47.5 Å². The average molecular weight is 368 g/mol. The molecule has 0 radical (unpaired) electrons. The highest BCUT2D eigenvalue weighted by Gasteiger charge is 2.21. The molecular formula is C21H28N4O2. The lowest BCUT2D eigenvalue weighted by Crippen LogP contribution is -2.36. The maximum atomic E-state index is 12.7. The van der Waals surface area contributed by atoms with E-state index in [9.17, 15) is 4.79 Å². The van der Waals surface area contributed by atoms with Crippen molar-refractivity contribution in [2.75, 3.05) is 19.7 Å². The van der Waals surface area contributed by atoms with Crippen LogP contribution >= 0.6 is 0 Å². The smallest absolute Gasteiger partial charge is 0.251 e. The van der Waals surface area contributed by atoms with Crippen LogP contribution in [0.2, 0.25) is 0 Å². The van der Waals surface area contributed by atoms with Gasteiger partial charge < -0.3 is 14.6 Å². The highest BCUT2D eigenvalue weighted by atomic mass is 16.5. The van der Waals surface area contributed by atoms with Gasteiger partial charge in [-0.15, -0.1) is 0 Å². The van der Waals surface area contributed by atoms with E-state index >= 15 is 0 Å². The van der Waals surface area contributed by atoms with Gasteiger partial charge in [0, 0.05) is 37.6 Å². The molecule has 1 fully saturated rings. The van der Waals surface area contributed by atoms with Crippen LogP contribution in [0.1, 0.15) is 47.4 Å². The molecule has 0 aliphatic carbocycles. The summed E-state index contributed by atoms with van der Waals surface area (Å²) in [5.74, 6) is 2.05. The minimum absolute atomic E-state index is 0.0333. The third kappa shape index (κ3) is 4.33. The van der Waals surface area contributed by atoms with Crippen LogP contribution in [0.15, 0.2) is 30.6 Å². The molecule has 2 aliphatic rings. The Labute approximate surface area is 160 Å². The maximum Gasteiger partial charge on any atom is 0.251 e. The molecule has 1 unspecified atom stereocenters. The Kier molecular flexibility index (Phi) is 5.43. The molecule has 0 saturated carbocycles. The van der Waals surface area contributed by atoms with E-state index in [0.29, 0.717) is 0 Å². The standard InChI is InChI=1S/C21H28N4O2/c1-24-12-9-22-20(24)15-25-10-2-5-18(8-11-25)23-21(26)17-6-7-19-16(14-17)4-3-13-27-19/h6-7,9,12,14,18H,2-5,8,10-11,13,15H2,1H3,(H,23,26). The number of rotatable bonds is 4. The zero-order valence-corrected chi connectivity index (χ0v) is 16.0. The predicted molar refractivity (Wildman–Crippen MR) is 104 cm³/mol. The highest BCUT2D eigenvalue weighted by molar-refractivity contribution is 5.94. The van der Waals surface area contributed by atoms with Crippen LogP contribution in [0, 0.1) is 0 Å². The molecule has 1 atom stereocenters. The van der Waals surface area contributed by atoms with Gasteiger partial charge in [-0.3, -0.25) is 9.69 Å². The van der Waals surface area contributed by atoms with Gasteiger partial charge in [-0.25, -0.2) is 4.98 Å². The number of imidazole rings is 1. The van der Waals surface area contributed by atoms with E-state index in [4.69, 9.17) is 4.74 Å². The number of aryl methyl sites for hydroxylation is 2. The van der Waals surface area contributed by atoms with Gasteiger partial charge in [-0.05, 0) is 62.4 Å². The molecule has 1 N–H and O–H groups in total. The van der Waals surface area contributed by atoms with Crippen molar-refractivity contribution in [1.29, 1.82) is 0 Å². The Bertz CT molecular complexity index is 801. The van der Waals surface area contributed by atoms with E-state index in [2.05, 4.69) is 19.8 Å². The van der Waals surface area contributed by atoms with Crippen LogP contribution in [-0.4, -0.2) is 46.1 Å². The number of carbonyl (C=O) groups is 1. The predicted octanol–water partition coefficient (Wildman–Crippen LogP) is 2.53. The number of nitrogens with zero attached hydrogens (tertiary/aromatic N) is 3. The third-order valence-electron chi connectivity index (χ3n) is 5.61. The van der Waals surface area contributed by atoms with Gasteiger partial charge in [-0.2, -0.15) is 0 Å². The molecule has 0 spiro atoms. The molecule has 1 aromatic carbocycles. The van der Waals surface area contributed by atoms with Crippen molar-refractivity contribution < 1.29 is 9.53 Å². The van der Waals surface area contributed by atoms with Crippen LogP contribution in [0.4, 0.5) is 0 Å². The molecule has 2 aromatic rings. The zero-order chi connectivity index (χ0) is 18.6. The molecule has 144 valence electrons. The highest BCUT2D eigenvalue weighted by Crippen LogP contribution is 2.25. The van der Waals surface area contributed by atoms with E-state index in [1.807, 2.05) is 37.6 Å². The van der Waals surface area contributed by atoms with Gasteiger partial charge in [0.05, 0.1) is 13.2 Å². The summed E-state index contributed by atoms with van der Waals surface area (Å²) in [6.07, 6.45) is 8.93. The molecule has 6 heteroatoms. The summed E-state index contributed by atoms with van der Waals surface area (Å²) in [7, 11) is 2.03. The molecule has 2 aliphatic heterocycles. The molecular weight excluding hydrogens is 340 g/mol. The van der Waals surface area contributed by atoms with Crippen molar-refractivity contribution in [1.82, 2.24) is 19.8 Å². The van der Waals surface area contributed by atoms with Crippen molar-refractivity contribution in [2.24, 2.45) is 7.05 Å². The molecule has 1 amide bonds.